The summed E-state index contributed by atoms with van der Waals surface area (Å²) in [6, 6.07) is 14.7. The van der Waals surface area contributed by atoms with Gasteiger partial charge < -0.3 is 9.84 Å². The van der Waals surface area contributed by atoms with Crippen molar-refractivity contribution in [2.24, 2.45) is 0 Å². The average Bonchev–Trinajstić information content (AvgIpc) is 3.48. The maximum absolute atomic E-state index is 13.9. The summed E-state index contributed by atoms with van der Waals surface area (Å²) in [5.41, 5.74) is 2.97. The van der Waals surface area contributed by atoms with E-state index in [1.165, 1.54) is 22.3 Å². The predicted octanol–water partition coefficient (Wildman–Crippen LogP) is 6.60. The summed E-state index contributed by atoms with van der Waals surface area (Å²) in [6.07, 6.45) is 0. The number of benzene rings is 2. The van der Waals surface area contributed by atoms with Crippen molar-refractivity contribution >= 4 is 40.2 Å². The number of aryl methyl sites for hydroxylation is 1. The Balaban J connectivity index is 1.68. The summed E-state index contributed by atoms with van der Waals surface area (Å²) in [7, 11) is 0. The Kier molecular flexibility index (Phi) is 5.47. The third kappa shape index (κ3) is 3.92. The van der Waals surface area contributed by atoms with Crippen LogP contribution in [0.2, 0.25) is 5.02 Å². The fourth-order valence-electron chi connectivity index (χ4n) is 3.87. The SMILES string of the molecule is CC1=C(c2nc(-c3cccs3)no2)C(c2cccc(Cl)c2)NC(=O)N1c1ccc(F)c(C)c1. The second kappa shape index (κ2) is 8.46. The third-order valence-electron chi connectivity index (χ3n) is 5.46. The molecule has 1 N–H and O–H groups in total. The number of nitrogens with one attached hydrogen (secondary N) is 1. The molecule has 2 aromatic heterocycles. The van der Waals surface area contributed by atoms with E-state index in [-0.39, 0.29) is 17.7 Å². The number of hydrogen-bond acceptors (Lipinski definition) is 5. The monoisotopic (exact) mass is 480 g/mol. The lowest BCUT2D eigenvalue weighted by Crippen LogP contribution is -2.46. The molecule has 0 saturated carbocycles. The lowest BCUT2D eigenvalue weighted by molar-refractivity contribution is 0.244. The van der Waals surface area contributed by atoms with Crippen LogP contribution < -0.4 is 10.2 Å². The number of halogens is 2. The number of carbonyl (C=O) groups is 1. The number of allylic oxidation sites excluding steroid dienone is 1. The lowest BCUT2D eigenvalue weighted by Gasteiger charge is -2.35. The zero-order chi connectivity index (χ0) is 23.1. The van der Waals surface area contributed by atoms with E-state index >= 15 is 0 Å². The van der Waals surface area contributed by atoms with Crippen LogP contribution in [0, 0.1) is 12.7 Å². The molecule has 5 rings (SSSR count). The summed E-state index contributed by atoms with van der Waals surface area (Å²) in [5.74, 6) is 0.406. The van der Waals surface area contributed by atoms with Crippen molar-refractivity contribution in [2.75, 3.05) is 4.90 Å². The normalized spacial score (nSPS) is 16.3. The first-order valence-corrected chi connectivity index (χ1v) is 11.4. The molecule has 0 fully saturated rings. The Morgan fingerprint density at radius 1 is 1.15 bits per heavy atom. The lowest BCUT2D eigenvalue weighted by atomic mass is 9.94. The third-order valence-corrected chi connectivity index (χ3v) is 6.57. The van der Waals surface area contributed by atoms with Gasteiger partial charge in [0.05, 0.1) is 22.2 Å². The van der Waals surface area contributed by atoms with Crippen LogP contribution in [0.15, 0.2) is 70.2 Å². The summed E-state index contributed by atoms with van der Waals surface area (Å²) in [5, 5.41) is 9.63. The highest BCUT2D eigenvalue weighted by Gasteiger charge is 2.36. The van der Waals surface area contributed by atoms with Crippen molar-refractivity contribution in [3.8, 4) is 10.7 Å². The molecular weight excluding hydrogens is 463 g/mol. The molecule has 1 aliphatic rings. The van der Waals surface area contributed by atoms with E-state index in [4.69, 9.17) is 16.1 Å². The van der Waals surface area contributed by atoms with Crippen LogP contribution in [-0.4, -0.2) is 16.2 Å². The fraction of sp³-hybridized carbons (Fsp3) is 0.125. The van der Waals surface area contributed by atoms with E-state index in [1.54, 1.807) is 38.1 Å². The second-order valence-corrected chi connectivity index (χ2v) is 8.99. The number of urea groups is 1. The Hall–Kier alpha value is -3.49. The zero-order valence-corrected chi connectivity index (χ0v) is 19.2. The highest BCUT2D eigenvalue weighted by Crippen LogP contribution is 2.40. The van der Waals surface area contributed by atoms with Crippen molar-refractivity contribution in [1.82, 2.24) is 15.5 Å². The second-order valence-electron chi connectivity index (χ2n) is 7.61. The van der Waals surface area contributed by atoms with Gasteiger partial charge in [-0.3, -0.25) is 4.90 Å². The van der Waals surface area contributed by atoms with Crippen molar-refractivity contribution in [1.29, 1.82) is 0 Å². The van der Waals surface area contributed by atoms with Crippen LogP contribution >= 0.6 is 22.9 Å². The van der Waals surface area contributed by atoms with Gasteiger partial charge in [-0.25, -0.2) is 9.18 Å². The summed E-state index contributed by atoms with van der Waals surface area (Å²) < 4.78 is 19.5. The molecule has 1 atom stereocenters. The molecule has 2 amide bonds. The molecule has 0 bridgehead atoms. The zero-order valence-electron chi connectivity index (χ0n) is 17.7. The van der Waals surface area contributed by atoms with Gasteiger partial charge in [0, 0.05) is 10.7 Å². The minimum absolute atomic E-state index is 0.282. The molecule has 1 unspecified atom stereocenters. The molecule has 9 heteroatoms. The van der Waals surface area contributed by atoms with Crippen LogP contribution in [0.5, 0.6) is 0 Å². The largest absolute Gasteiger partial charge is 0.334 e. The van der Waals surface area contributed by atoms with Gasteiger partial charge in [0.25, 0.3) is 5.89 Å². The number of thiophene rings is 1. The van der Waals surface area contributed by atoms with Gasteiger partial charge in [-0.05, 0) is 66.8 Å². The summed E-state index contributed by atoms with van der Waals surface area (Å²) in [6.45, 7) is 3.46. The van der Waals surface area contributed by atoms with Gasteiger partial charge >= 0.3 is 6.03 Å². The molecule has 0 radical (unpaired) electrons. The maximum Gasteiger partial charge on any atom is 0.326 e. The Bertz CT molecular complexity index is 1380. The first kappa shape index (κ1) is 21.4. The Morgan fingerprint density at radius 2 is 2.00 bits per heavy atom. The van der Waals surface area contributed by atoms with Crippen molar-refractivity contribution in [3.05, 3.63) is 93.5 Å². The highest BCUT2D eigenvalue weighted by molar-refractivity contribution is 7.13. The number of amides is 2. The number of nitrogens with zero attached hydrogens (tertiary/aromatic N) is 3. The topological polar surface area (TPSA) is 71.3 Å². The molecule has 1 aliphatic heterocycles. The van der Waals surface area contributed by atoms with E-state index in [0.29, 0.717) is 33.4 Å². The van der Waals surface area contributed by atoms with E-state index in [1.807, 2.05) is 29.6 Å². The average molecular weight is 481 g/mol. The minimum Gasteiger partial charge on any atom is -0.334 e. The van der Waals surface area contributed by atoms with Crippen LogP contribution in [0.25, 0.3) is 16.3 Å². The van der Waals surface area contributed by atoms with Gasteiger partial charge in [-0.15, -0.1) is 11.3 Å². The number of rotatable bonds is 4. The minimum atomic E-state index is -0.564. The van der Waals surface area contributed by atoms with Gasteiger partial charge in [0.2, 0.25) is 5.82 Å². The van der Waals surface area contributed by atoms with Crippen LogP contribution in [0.3, 0.4) is 0 Å². The van der Waals surface area contributed by atoms with E-state index < -0.39 is 6.04 Å². The molecule has 0 aliphatic carbocycles. The first-order valence-electron chi connectivity index (χ1n) is 10.1. The molecule has 33 heavy (non-hydrogen) atoms. The summed E-state index contributed by atoms with van der Waals surface area (Å²) >= 11 is 7.74. The number of aromatic nitrogens is 2. The molecule has 6 nitrogen and oxygen atoms in total. The predicted molar refractivity (Wildman–Crippen MR) is 127 cm³/mol. The molecule has 3 heterocycles. The Labute approximate surface area is 198 Å². The maximum atomic E-state index is 13.9. The molecule has 166 valence electrons. The van der Waals surface area contributed by atoms with Crippen molar-refractivity contribution in [3.63, 3.8) is 0 Å². The molecular formula is C24H18ClFN4O2S. The van der Waals surface area contributed by atoms with Gasteiger partial charge in [-0.1, -0.05) is 35.0 Å². The summed E-state index contributed by atoms with van der Waals surface area (Å²) in [4.78, 5) is 20.2. The molecule has 0 spiro atoms. The fourth-order valence-corrected chi connectivity index (χ4v) is 4.72. The number of hydrogen-bond donors (Lipinski definition) is 1. The van der Waals surface area contributed by atoms with E-state index in [9.17, 15) is 9.18 Å². The molecule has 4 aromatic rings. The van der Waals surface area contributed by atoms with Crippen LogP contribution in [0.4, 0.5) is 14.9 Å². The van der Waals surface area contributed by atoms with Crippen LogP contribution in [0.1, 0.15) is 30.0 Å². The van der Waals surface area contributed by atoms with Gasteiger partial charge in [-0.2, -0.15) is 4.98 Å². The molecule has 2 aromatic carbocycles. The Morgan fingerprint density at radius 3 is 2.73 bits per heavy atom. The standard InChI is InChI=1S/C24H18ClFN4O2S/c1-13-11-17(8-9-18(13)26)30-14(2)20(23-28-22(29-32-23)19-7-4-10-33-19)21(27-24(30)31)15-5-3-6-16(25)12-15/h3-12,21H,1-2H3,(H,27,31). The number of anilines is 1. The van der Waals surface area contributed by atoms with Crippen LogP contribution in [-0.2, 0) is 0 Å². The van der Waals surface area contributed by atoms with Gasteiger partial charge in [0.15, 0.2) is 0 Å². The van der Waals surface area contributed by atoms with Gasteiger partial charge in [0.1, 0.15) is 5.82 Å². The van der Waals surface area contributed by atoms with Crippen molar-refractivity contribution in [2.45, 2.75) is 19.9 Å². The van der Waals surface area contributed by atoms with E-state index in [2.05, 4.69) is 15.5 Å². The molecule has 0 saturated heterocycles. The van der Waals surface area contributed by atoms with Crippen molar-refractivity contribution < 1.29 is 13.7 Å². The smallest absolute Gasteiger partial charge is 0.326 e. The number of carbonyl (C=O) groups excluding carboxylic acids is 1. The quantitative estimate of drug-likeness (QED) is 0.357. The highest BCUT2D eigenvalue weighted by atomic mass is 35.5. The first-order chi connectivity index (χ1) is 15.9. The van der Waals surface area contributed by atoms with E-state index in [0.717, 1.165) is 10.4 Å².